The van der Waals surface area contributed by atoms with Crippen molar-refractivity contribution in [3.63, 3.8) is 0 Å². The van der Waals surface area contributed by atoms with Gasteiger partial charge >= 0.3 is 0 Å². The number of carbonyl (C=O) groups excluding carboxylic acids is 1. The maximum absolute atomic E-state index is 10.1. The van der Waals surface area contributed by atoms with Crippen molar-refractivity contribution in [2.75, 3.05) is 7.05 Å². The Labute approximate surface area is 63.0 Å². The number of hydrogen-bond acceptors (Lipinski definition) is 2. The Morgan fingerprint density at radius 2 is 2.20 bits per heavy atom. The molecule has 0 bridgehead atoms. The first-order valence-corrected chi connectivity index (χ1v) is 3.81. The van der Waals surface area contributed by atoms with Gasteiger partial charge in [0.1, 0.15) is 6.29 Å². The predicted octanol–water partition coefficient (Wildman–Crippen LogP) is 1.35. The van der Waals surface area contributed by atoms with Crippen LogP contribution in [0, 0.1) is 0 Å². The van der Waals surface area contributed by atoms with E-state index in [-0.39, 0.29) is 5.54 Å². The highest BCUT2D eigenvalue weighted by Crippen LogP contribution is 2.14. The van der Waals surface area contributed by atoms with Crippen molar-refractivity contribution in [1.29, 1.82) is 0 Å². The average Bonchev–Trinajstić information content (AvgIpc) is 2.00. The van der Waals surface area contributed by atoms with E-state index in [1.54, 1.807) is 0 Å². The maximum Gasteiger partial charge on any atom is 0.120 e. The average molecular weight is 143 g/mol. The number of carbonyl (C=O) groups is 1. The summed E-state index contributed by atoms with van der Waals surface area (Å²) in [6.07, 6.45) is 3.64. The standard InChI is InChI=1S/C8H17NO/c1-4-8(2,9-3)6-5-7-10/h7,9H,4-6H2,1-3H3. The molecule has 1 N–H and O–H groups in total. The van der Waals surface area contributed by atoms with Gasteiger partial charge in [0.2, 0.25) is 0 Å². The highest BCUT2D eigenvalue weighted by Gasteiger charge is 2.17. The lowest BCUT2D eigenvalue weighted by atomic mass is 9.93. The lowest BCUT2D eigenvalue weighted by molar-refractivity contribution is -0.108. The van der Waals surface area contributed by atoms with E-state index < -0.39 is 0 Å². The van der Waals surface area contributed by atoms with Crippen molar-refractivity contribution in [2.45, 2.75) is 38.6 Å². The first kappa shape index (κ1) is 9.63. The van der Waals surface area contributed by atoms with Gasteiger partial charge in [-0.15, -0.1) is 0 Å². The quantitative estimate of drug-likeness (QED) is 0.589. The molecular formula is C8H17NO. The minimum Gasteiger partial charge on any atom is -0.315 e. The Bertz CT molecular complexity index is 97.4. The lowest BCUT2D eigenvalue weighted by Crippen LogP contribution is -2.38. The molecule has 0 saturated carbocycles. The maximum atomic E-state index is 10.1. The van der Waals surface area contributed by atoms with Crippen LogP contribution in [0.25, 0.3) is 0 Å². The Morgan fingerprint density at radius 3 is 2.50 bits per heavy atom. The minimum absolute atomic E-state index is 0.154. The monoisotopic (exact) mass is 143 g/mol. The summed E-state index contributed by atoms with van der Waals surface area (Å²) in [5.41, 5.74) is 0.154. The minimum atomic E-state index is 0.154. The molecule has 0 spiro atoms. The van der Waals surface area contributed by atoms with Gasteiger partial charge in [0.25, 0.3) is 0 Å². The van der Waals surface area contributed by atoms with Crippen molar-refractivity contribution in [1.82, 2.24) is 5.32 Å². The highest BCUT2D eigenvalue weighted by molar-refractivity contribution is 5.49. The second-order valence-electron chi connectivity index (χ2n) is 2.87. The molecule has 60 valence electrons. The van der Waals surface area contributed by atoms with Gasteiger partial charge in [-0.05, 0) is 26.8 Å². The zero-order valence-corrected chi connectivity index (χ0v) is 7.11. The van der Waals surface area contributed by atoms with Crippen molar-refractivity contribution >= 4 is 6.29 Å². The zero-order chi connectivity index (χ0) is 8.04. The van der Waals surface area contributed by atoms with Crippen molar-refractivity contribution in [2.24, 2.45) is 0 Å². The Hall–Kier alpha value is -0.370. The molecule has 0 heterocycles. The fourth-order valence-corrected chi connectivity index (χ4v) is 0.856. The van der Waals surface area contributed by atoms with Gasteiger partial charge in [0, 0.05) is 12.0 Å². The molecule has 2 nitrogen and oxygen atoms in total. The Kier molecular flexibility index (Phi) is 4.28. The largest absolute Gasteiger partial charge is 0.315 e. The predicted molar refractivity (Wildman–Crippen MR) is 43.1 cm³/mol. The van der Waals surface area contributed by atoms with Crippen LogP contribution in [0.2, 0.25) is 0 Å². The van der Waals surface area contributed by atoms with E-state index in [1.807, 2.05) is 7.05 Å². The molecule has 10 heavy (non-hydrogen) atoms. The van der Waals surface area contributed by atoms with Crippen LogP contribution in [-0.4, -0.2) is 18.9 Å². The van der Waals surface area contributed by atoms with Gasteiger partial charge in [-0.25, -0.2) is 0 Å². The first-order valence-electron chi connectivity index (χ1n) is 3.81. The molecule has 0 aromatic rings. The third kappa shape index (κ3) is 2.97. The molecule has 0 saturated heterocycles. The van der Waals surface area contributed by atoms with Crippen LogP contribution in [0.5, 0.6) is 0 Å². The van der Waals surface area contributed by atoms with Crippen LogP contribution in [0.1, 0.15) is 33.1 Å². The van der Waals surface area contributed by atoms with Gasteiger partial charge in [-0.2, -0.15) is 0 Å². The van der Waals surface area contributed by atoms with Crippen LogP contribution < -0.4 is 5.32 Å². The summed E-state index contributed by atoms with van der Waals surface area (Å²) in [5, 5.41) is 3.20. The van der Waals surface area contributed by atoms with Crippen molar-refractivity contribution < 1.29 is 4.79 Å². The molecule has 1 unspecified atom stereocenters. The molecule has 0 aromatic carbocycles. The summed E-state index contributed by atoms with van der Waals surface area (Å²) >= 11 is 0. The third-order valence-corrected chi connectivity index (χ3v) is 2.20. The van der Waals surface area contributed by atoms with Crippen LogP contribution in [-0.2, 0) is 4.79 Å². The van der Waals surface area contributed by atoms with E-state index in [9.17, 15) is 4.79 Å². The van der Waals surface area contributed by atoms with Crippen molar-refractivity contribution in [3.05, 3.63) is 0 Å². The summed E-state index contributed by atoms with van der Waals surface area (Å²) in [6, 6.07) is 0. The summed E-state index contributed by atoms with van der Waals surface area (Å²) in [6.45, 7) is 4.26. The molecule has 0 aromatic heterocycles. The zero-order valence-electron chi connectivity index (χ0n) is 7.11. The summed E-state index contributed by atoms with van der Waals surface area (Å²) in [5.74, 6) is 0. The molecule has 0 aliphatic rings. The topological polar surface area (TPSA) is 29.1 Å². The Morgan fingerprint density at radius 1 is 1.60 bits per heavy atom. The van der Waals surface area contributed by atoms with Gasteiger partial charge in [-0.3, -0.25) is 0 Å². The van der Waals surface area contributed by atoms with Gasteiger partial charge in [-0.1, -0.05) is 6.92 Å². The summed E-state index contributed by atoms with van der Waals surface area (Å²) < 4.78 is 0. The van der Waals surface area contributed by atoms with E-state index in [2.05, 4.69) is 19.2 Å². The molecule has 0 rings (SSSR count). The molecule has 2 heteroatoms. The second-order valence-corrected chi connectivity index (χ2v) is 2.87. The normalized spacial score (nSPS) is 16.3. The molecule has 0 aliphatic carbocycles. The van der Waals surface area contributed by atoms with Crippen LogP contribution in [0.4, 0.5) is 0 Å². The van der Waals surface area contributed by atoms with Crippen molar-refractivity contribution in [3.8, 4) is 0 Å². The van der Waals surface area contributed by atoms with Gasteiger partial charge < -0.3 is 10.1 Å². The van der Waals surface area contributed by atoms with E-state index in [1.165, 1.54) is 0 Å². The lowest BCUT2D eigenvalue weighted by Gasteiger charge is -2.26. The number of nitrogens with one attached hydrogen (secondary N) is 1. The highest BCUT2D eigenvalue weighted by atomic mass is 16.1. The van der Waals surface area contributed by atoms with Crippen LogP contribution in [0.15, 0.2) is 0 Å². The van der Waals surface area contributed by atoms with E-state index in [0.29, 0.717) is 6.42 Å². The molecular weight excluding hydrogens is 126 g/mol. The summed E-state index contributed by atoms with van der Waals surface area (Å²) in [7, 11) is 1.94. The van der Waals surface area contributed by atoms with Gasteiger partial charge in [0.15, 0.2) is 0 Å². The number of aldehydes is 1. The molecule has 0 radical (unpaired) electrons. The summed E-state index contributed by atoms with van der Waals surface area (Å²) in [4.78, 5) is 10.1. The number of rotatable bonds is 5. The van der Waals surface area contributed by atoms with Crippen LogP contribution >= 0.6 is 0 Å². The Balaban J connectivity index is 3.68. The second kappa shape index (κ2) is 4.45. The third-order valence-electron chi connectivity index (χ3n) is 2.20. The SMILES string of the molecule is CCC(C)(CCC=O)NC. The van der Waals surface area contributed by atoms with Crippen LogP contribution in [0.3, 0.4) is 0 Å². The fraction of sp³-hybridized carbons (Fsp3) is 0.875. The van der Waals surface area contributed by atoms with E-state index >= 15 is 0 Å². The molecule has 1 atom stereocenters. The van der Waals surface area contributed by atoms with E-state index in [0.717, 1.165) is 19.1 Å². The smallest absolute Gasteiger partial charge is 0.120 e. The fourth-order valence-electron chi connectivity index (χ4n) is 0.856. The first-order chi connectivity index (χ1) is 4.68. The molecule has 0 aliphatic heterocycles. The molecule has 0 fully saturated rings. The van der Waals surface area contributed by atoms with E-state index in [4.69, 9.17) is 0 Å². The molecule has 0 amide bonds. The number of hydrogen-bond donors (Lipinski definition) is 1. The van der Waals surface area contributed by atoms with Gasteiger partial charge in [0.05, 0.1) is 0 Å².